The normalized spacial score (nSPS) is 7.92. The van der Waals surface area contributed by atoms with Crippen molar-refractivity contribution in [3.63, 3.8) is 0 Å². The molecule has 0 saturated heterocycles. The number of nitrogens with zero attached hydrogens (tertiary/aromatic N) is 2. The van der Waals surface area contributed by atoms with Gasteiger partial charge in [0.15, 0.2) is 0 Å². The molecule has 0 amide bonds. The number of aromatic nitrogens is 1. The summed E-state index contributed by atoms with van der Waals surface area (Å²) in [5.41, 5.74) is 5.95. The number of nitrogens with two attached hydrogens (primary N) is 1. The van der Waals surface area contributed by atoms with E-state index in [9.17, 15) is 0 Å². The van der Waals surface area contributed by atoms with Crippen LogP contribution in [0.15, 0.2) is 18.5 Å². The van der Waals surface area contributed by atoms with E-state index in [-0.39, 0.29) is 18.2 Å². The molecule has 3 N–H and O–H groups in total. The number of hydrogen-bond donors (Lipinski definition) is 2. The quantitative estimate of drug-likeness (QED) is 0.494. The van der Waals surface area contributed by atoms with E-state index >= 15 is 0 Å². The van der Waals surface area contributed by atoms with Gasteiger partial charge in [0, 0.05) is 12.4 Å². The van der Waals surface area contributed by atoms with E-state index in [2.05, 4.69) is 4.98 Å². The third kappa shape index (κ3) is 1.94. The fourth-order valence-electron chi connectivity index (χ4n) is 0.707. The Balaban J connectivity index is 0.00000121. The SMILES string of the molecule is Cl.N#Cc1ccncc1C(=N)N. The Hall–Kier alpha value is -1.60. The summed E-state index contributed by atoms with van der Waals surface area (Å²) in [5, 5.41) is 15.6. The molecule has 0 spiro atoms. The summed E-state index contributed by atoms with van der Waals surface area (Å²) >= 11 is 0. The van der Waals surface area contributed by atoms with Crippen molar-refractivity contribution in [2.45, 2.75) is 0 Å². The highest BCUT2D eigenvalue weighted by molar-refractivity contribution is 5.96. The lowest BCUT2D eigenvalue weighted by atomic mass is 10.1. The van der Waals surface area contributed by atoms with Crippen LogP contribution in [0.3, 0.4) is 0 Å². The number of nitrogen functional groups attached to an aromatic ring is 1. The van der Waals surface area contributed by atoms with Crippen LogP contribution in [0.25, 0.3) is 0 Å². The molecule has 1 aromatic rings. The molecule has 0 radical (unpaired) electrons. The van der Waals surface area contributed by atoms with Crippen LogP contribution in [0.5, 0.6) is 0 Å². The molecular weight excluding hydrogens is 176 g/mol. The van der Waals surface area contributed by atoms with Gasteiger partial charge >= 0.3 is 0 Å². The zero-order valence-electron chi connectivity index (χ0n) is 6.11. The molecular formula is C7H7ClN4. The van der Waals surface area contributed by atoms with E-state index < -0.39 is 0 Å². The number of halogens is 1. The van der Waals surface area contributed by atoms with Crippen LogP contribution in [-0.2, 0) is 0 Å². The van der Waals surface area contributed by atoms with Gasteiger partial charge in [-0.1, -0.05) is 0 Å². The molecule has 0 atom stereocenters. The zero-order valence-corrected chi connectivity index (χ0v) is 6.93. The van der Waals surface area contributed by atoms with Gasteiger partial charge in [-0.3, -0.25) is 10.4 Å². The second kappa shape index (κ2) is 4.31. The first-order chi connectivity index (χ1) is 5.25. The average Bonchev–Trinajstić information content (AvgIpc) is 2.04. The third-order valence-corrected chi connectivity index (χ3v) is 1.23. The molecule has 0 aliphatic rings. The van der Waals surface area contributed by atoms with Gasteiger partial charge in [0.05, 0.1) is 11.1 Å². The maximum absolute atomic E-state index is 8.54. The monoisotopic (exact) mass is 182 g/mol. The Labute approximate surface area is 76.0 Å². The maximum Gasteiger partial charge on any atom is 0.125 e. The molecule has 0 aliphatic heterocycles. The predicted molar refractivity (Wildman–Crippen MR) is 47.2 cm³/mol. The van der Waals surface area contributed by atoms with Crippen molar-refractivity contribution in [2.75, 3.05) is 0 Å². The fraction of sp³-hybridized carbons (Fsp3) is 0. The fourth-order valence-corrected chi connectivity index (χ4v) is 0.707. The van der Waals surface area contributed by atoms with Crippen molar-refractivity contribution in [1.82, 2.24) is 4.98 Å². The number of pyridine rings is 1. The van der Waals surface area contributed by atoms with Gasteiger partial charge in [-0.2, -0.15) is 5.26 Å². The van der Waals surface area contributed by atoms with Crippen LogP contribution in [0.2, 0.25) is 0 Å². The van der Waals surface area contributed by atoms with Gasteiger partial charge < -0.3 is 5.73 Å². The lowest BCUT2D eigenvalue weighted by molar-refractivity contribution is 1.28. The van der Waals surface area contributed by atoms with Crippen molar-refractivity contribution in [2.24, 2.45) is 5.73 Å². The van der Waals surface area contributed by atoms with Crippen LogP contribution in [0.4, 0.5) is 0 Å². The highest BCUT2D eigenvalue weighted by Crippen LogP contribution is 2.02. The first kappa shape index (κ1) is 10.4. The van der Waals surface area contributed by atoms with Gasteiger partial charge in [0.25, 0.3) is 0 Å². The molecule has 0 bridgehead atoms. The topological polar surface area (TPSA) is 86.5 Å². The zero-order chi connectivity index (χ0) is 8.27. The summed E-state index contributed by atoms with van der Waals surface area (Å²) in [4.78, 5) is 3.74. The Morgan fingerprint density at radius 3 is 2.75 bits per heavy atom. The lowest BCUT2D eigenvalue weighted by Gasteiger charge is -1.97. The third-order valence-electron chi connectivity index (χ3n) is 1.23. The molecule has 0 aromatic carbocycles. The first-order valence-corrected chi connectivity index (χ1v) is 2.94. The average molecular weight is 183 g/mol. The standard InChI is InChI=1S/C7H6N4.ClH/c8-3-5-1-2-11-4-6(5)7(9)10;/h1-2,4H,(H3,9,10);1H. The van der Waals surface area contributed by atoms with Crippen LogP contribution >= 0.6 is 12.4 Å². The molecule has 1 aromatic heterocycles. The van der Waals surface area contributed by atoms with Gasteiger partial charge in [-0.25, -0.2) is 0 Å². The summed E-state index contributed by atoms with van der Waals surface area (Å²) in [7, 11) is 0. The second-order valence-corrected chi connectivity index (χ2v) is 1.95. The van der Waals surface area contributed by atoms with E-state index in [1.54, 1.807) is 0 Å². The lowest BCUT2D eigenvalue weighted by Crippen LogP contribution is -2.13. The van der Waals surface area contributed by atoms with Crippen LogP contribution in [-0.4, -0.2) is 10.8 Å². The summed E-state index contributed by atoms with van der Waals surface area (Å²) in [6, 6.07) is 3.44. The van der Waals surface area contributed by atoms with Crippen molar-refractivity contribution in [3.8, 4) is 6.07 Å². The minimum absolute atomic E-state index is 0. The van der Waals surface area contributed by atoms with Gasteiger partial charge in [0.2, 0.25) is 0 Å². The molecule has 4 nitrogen and oxygen atoms in total. The number of nitrogens with one attached hydrogen (secondary N) is 1. The summed E-state index contributed by atoms with van der Waals surface area (Å²) in [6.07, 6.45) is 2.89. The smallest absolute Gasteiger partial charge is 0.125 e. The number of rotatable bonds is 1. The van der Waals surface area contributed by atoms with E-state index in [1.807, 2.05) is 6.07 Å². The Kier molecular flexibility index (Phi) is 3.74. The van der Waals surface area contributed by atoms with Crippen molar-refractivity contribution in [1.29, 1.82) is 10.7 Å². The number of hydrogen-bond acceptors (Lipinski definition) is 3. The molecule has 12 heavy (non-hydrogen) atoms. The second-order valence-electron chi connectivity index (χ2n) is 1.95. The van der Waals surface area contributed by atoms with E-state index in [1.165, 1.54) is 18.5 Å². The molecule has 0 saturated carbocycles. The summed E-state index contributed by atoms with van der Waals surface area (Å²) in [5.74, 6) is -0.130. The summed E-state index contributed by atoms with van der Waals surface area (Å²) in [6.45, 7) is 0. The predicted octanol–water partition coefficient (Wildman–Crippen LogP) is 0.659. The van der Waals surface area contributed by atoms with Gasteiger partial charge in [-0.15, -0.1) is 12.4 Å². The van der Waals surface area contributed by atoms with E-state index in [0.29, 0.717) is 11.1 Å². The van der Waals surface area contributed by atoms with Crippen molar-refractivity contribution >= 4 is 18.2 Å². The van der Waals surface area contributed by atoms with E-state index in [0.717, 1.165) is 0 Å². The Morgan fingerprint density at radius 1 is 1.67 bits per heavy atom. The molecule has 62 valence electrons. The van der Waals surface area contributed by atoms with Crippen molar-refractivity contribution < 1.29 is 0 Å². The largest absolute Gasteiger partial charge is 0.384 e. The minimum Gasteiger partial charge on any atom is -0.384 e. The molecule has 0 aliphatic carbocycles. The first-order valence-electron chi connectivity index (χ1n) is 2.94. The van der Waals surface area contributed by atoms with Gasteiger partial charge in [0.1, 0.15) is 11.9 Å². The van der Waals surface area contributed by atoms with Crippen LogP contribution in [0, 0.1) is 16.7 Å². The van der Waals surface area contributed by atoms with Crippen LogP contribution in [0.1, 0.15) is 11.1 Å². The highest BCUT2D eigenvalue weighted by atomic mass is 35.5. The molecule has 5 heteroatoms. The minimum atomic E-state index is -0.130. The highest BCUT2D eigenvalue weighted by Gasteiger charge is 2.02. The molecule has 1 heterocycles. The summed E-state index contributed by atoms with van der Waals surface area (Å²) < 4.78 is 0. The molecule has 1 rings (SSSR count). The van der Waals surface area contributed by atoms with Crippen LogP contribution < -0.4 is 5.73 Å². The number of nitriles is 1. The maximum atomic E-state index is 8.54. The Bertz CT molecular complexity index is 328. The van der Waals surface area contributed by atoms with Crippen molar-refractivity contribution in [3.05, 3.63) is 29.6 Å². The Morgan fingerprint density at radius 2 is 2.33 bits per heavy atom. The number of amidine groups is 1. The molecule has 0 fully saturated rings. The molecule has 0 unspecified atom stereocenters. The van der Waals surface area contributed by atoms with Gasteiger partial charge in [-0.05, 0) is 6.07 Å². The van der Waals surface area contributed by atoms with E-state index in [4.69, 9.17) is 16.4 Å².